The zero-order valence-corrected chi connectivity index (χ0v) is 17.2. The van der Waals surface area contributed by atoms with Gasteiger partial charge in [0.05, 0.1) is 0 Å². The third-order valence-corrected chi connectivity index (χ3v) is 5.76. The van der Waals surface area contributed by atoms with Crippen LogP contribution in [0.15, 0.2) is 23.3 Å². The van der Waals surface area contributed by atoms with Gasteiger partial charge in [0.15, 0.2) is 5.96 Å². The maximum atomic E-state index is 5.93. The lowest BCUT2D eigenvalue weighted by Crippen LogP contribution is -2.46. The smallest absolute Gasteiger partial charge is 0.213 e. The van der Waals surface area contributed by atoms with Crippen molar-refractivity contribution in [3.8, 4) is 5.88 Å². The average molecular weight is 374 g/mol. The number of pyridine rings is 1. The lowest BCUT2D eigenvalue weighted by Gasteiger charge is -2.22. The molecule has 1 saturated carbocycles. The highest BCUT2D eigenvalue weighted by Crippen LogP contribution is 2.23. The highest BCUT2D eigenvalue weighted by Gasteiger charge is 2.31. The van der Waals surface area contributed by atoms with Crippen LogP contribution in [0, 0.1) is 5.92 Å². The average Bonchev–Trinajstić information content (AvgIpc) is 3.30. The fourth-order valence-corrected chi connectivity index (χ4v) is 3.93. The molecule has 1 aromatic rings. The van der Waals surface area contributed by atoms with Crippen LogP contribution in [0.1, 0.15) is 52.0 Å². The van der Waals surface area contributed by atoms with Crippen molar-refractivity contribution < 1.29 is 4.74 Å². The van der Waals surface area contributed by atoms with E-state index in [0.29, 0.717) is 30.7 Å². The van der Waals surface area contributed by atoms with Gasteiger partial charge < -0.3 is 15.4 Å². The molecule has 2 heterocycles. The zero-order valence-electron chi connectivity index (χ0n) is 17.2. The van der Waals surface area contributed by atoms with Gasteiger partial charge in [-0.05, 0) is 51.0 Å². The Morgan fingerprint density at radius 1 is 1.30 bits per heavy atom. The Labute approximate surface area is 163 Å². The van der Waals surface area contributed by atoms with E-state index in [4.69, 9.17) is 4.74 Å². The monoisotopic (exact) mass is 373 g/mol. The second-order valence-corrected chi connectivity index (χ2v) is 8.23. The van der Waals surface area contributed by atoms with Gasteiger partial charge in [0.2, 0.25) is 5.88 Å². The minimum atomic E-state index is 0.350. The van der Waals surface area contributed by atoms with Crippen LogP contribution in [-0.4, -0.2) is 54.2 Å². The highest BCUT2D eigenvalue weighted by molar-refractivity contribution is 5.80. The van der Waals surface area contributed by atoms with Gasteiger partial charge in [0.25, 0.3) is 0 Å². The first-order chi connectivity index (χ1) is 13.0. The highest BCUT2D eigenvalue weighted by atomic mass is 16.5. The van der Waals surface area contributed by atoms with E-state index in [1.54, 1.807) is 0 Å². The molecule has 2 atom stereocenters. The third-order valence-electron chi connectivity index (χ3n) is 5.76. The Balaban J connectivity index is 1.46. The molecule has 0 aromatic carbocycles. The first kappa shape index (κ1) is 19.9. The quantitative estimate of drug-likeness (QED) is 0.593. The molecular weight excluding hydrogens is 338 g/mol. The minimum Gasteiger partial charge on any atom is -0.474 e. The van der Waals surface area contributed by atoms with E-state index in [-0.39, 0.29) is 0 Å². The number of aromatic nitrogens is 1. The Kier molecular flexibility index (Phi) is 6.94. The topological polar surface area (TPSA) is 61.8 Å². The van der Waals surface area contributed by atoms with Crippen LogP contribution in [0.2, 0.25) is 0 Å². The number of likely N-dealkylation sites (tertiary alicyclic amines) is 1. The number of nitrogens with one attached hydrogen (secondary N) is 2. The van der Waals surface area contributed by atoms with Gasteiger partial charge in [0.1, 0.15) is 6.10 Å². The van der Waals surface area contributed by atoms with E-state index in [0.717, 1.165) is 43.3 Å². The number of ether oxygens (including phenoxy) is 1. The van der Waals surface area contributed by atoms with Crippen LogP contribution in [0.4, 0.5) is 0 Å². The van der Waals surface area contributed by atoms with Gasteiger partial charge in [-0.25, -0.2) is 4.98 Å². The molecule has 2 unspecified atom stereocenters. The maximum Gasteiger partial charge on any atom is 0.213 e. The number of guanidine groups is 1. The van der Waals surface area contributed by atoms with Crippen molar-refractivity contribution in [2.75, 3.05) is 20.1 Å². The van der Waals surface area contributed by atoms with Gasteiger partial charge in [0, 0.05) is 51.0 Å². The molecule has 1 aromatic heterocycles. The molecule has 3 rings (SSSR count). The predicted molar refractivity (Wildman–Crippen MR) is 110 cm³/mol. The fourth-order valence-electron chi connectivity index (χ4n) is 3.93. The van der Waals surface area contributed by atoms with E-state index in [1.807, 2.05) is 19.3 Å². The fraction of sp³-hybridized carbons (Fsp3) is 0.714. The van der Waals surface area contributed by atoms with Crippen LogP contribution in [0.3, 0.4) is 0 Å². The van der Waals surface area contributed by atoms with Gasteiger partial charge >= 0.3 is 0 Å². The normalized spacial score (nSPS) is 24.6. The van der Waals surface area contributed by atoms with Gasteiger partial charge in [-0.15, -0.1) is 0 Å². The summed E-state index contributed by atoms with van der Waals surface area (Å²) in [6, 6.07) is 5.07. The molecule has 1 aliphatic heterocycles. The summed E-state index contributed by atoms with van der Waals surface area (Å²) in [5.74, 6) is 2.20. The Hall–Kier alpha value is -1.82. The molecule has 2 N–H and O–H groups in total. The van der Waals surface area contributed by atoms with Gasteiger partial charge in [-0.1, -0.05) is 13.0 Å². The Bertz CT molecular complexity index is 610. The zero-order chi connectivity index (χ0) is 19.2. The van der Waals surface area contributed by atoms with Crippen molar-refractivity contribution in [3.05, 3.63) is 23.9 Å². The van der Waals surface area contributed by atoms with Crippen molar-refractivity contribution in [1.82, 2.24) is 20.5 Å². The first-order valence-corrected chi connectivity index (χ1v) is 10.4. The molecule has 0 bridgehead atoms. The second-order valence-electron chi connectivity index (χ2n) is 8.23. The third kappa shape index (κ3) is 5.58. The molecule has 6 heteroatoms. The van der Waals surface area contributed by atoms with E-state index in [9.17, 15) is 0 Å². The standard InChI is InChI=1S/C21H35N5O/c1-15(2)26-13-16(3)19(14-26)25-21(22-4)24-12-17-9-10-20(23-11-17)27-18-7-5-6-8-18/h9-11,15-16,18-19H,5-8,12-14H2,1-4H3,(H2,22,24,25). The number of hydrogen-bond donors (Lipinski definition) is 2. The van der Waals surface area contributed by atoms with Crippen LogP contribution in [0.25, 0.3) is 0 Å². The molecule has 1 aliphatic carbocycles. The van der Waals surface area contributed by atoms with Gasteiger partial charge in [-0.2, -0.15) is 0 Å². The summed E-state index contributed by atoms with van der Waals surface area (Å²) in [5, 5.41) is 6.99. The summed E-state index contributed by atoms with van der Waals surface area (Å²) in [4.78, 5) is 11.4. The number of rotatable bonds is 6. The van der Waals surface area contributed by atoms with E-state index >= 15 is 0 Å². The van der Waals surface area contributed by atoms with Crippen LogP contribution < -0.4 is 15.4 Å². The number of aliphatic imine (C=N–C) groups is 1. The van der Waals surface area contributed by atoms with Crippen LogP contribution in [-0.2, 0) is 6.54 Å². The molecule has 6 nitrogen and oxygen atoms in total. The number of nitrogens with zero attached hydrogens (tertiary/aromatic N) is 3. The van der Waals surface area contributed by atoms with Crippen molar-refractivity contribution in [2.45, 2.75) is 71.2 Å². The summed E-state index contributed by atoms with van der Waals surface area (Å²) < 4.78 is 5.93. The molecule has 0 amide bonds. The van der Waals surface area contributed by atoms with Crippen LogP contribution in [0.5, 0.6) is 5.88 Å². The van der Waals surface area contributed by atoms with Crippen LogP contribution >= 0.6 is 0 Å². The molecule has 150 valence electrons. The molecule has 0 radical (unpaired) electrons. The Morgan fingerprint density at radius 3 is 2.67 bits per heavy atom. The molecule has 1 saturated heterocycles. The summed E-state index contributed by atoms with van der Waals surface area (Å²) >= 11 is 0. The largest absolute Gasteiger partial charge is 0.474 e. The molecule has 2 fully saturated rings. The minimum absolute atomic E-state index is 0.350. The summed E-state index contributed by atoms with van der Waals surface area (Å²) in [6.07, 6.45) is 7.09. The van der Waals surface area contributed by atoms with E-state index < -0.39 is 0 Å². The molecule has 0 spiro atoms. The number of hydrogen-bond acceptors (Lipinski definition) is 4. The van der Waals surface area contributed by atoms with Crippen molar-refractivity contribution in [3.63, 3.8) is 0 Å². The summed E-state index contributed by atoms with van der Waals surface area (Å²) in [6.45, 7) is 9.73. The molecular formula is C21H35N5O. The van der Waals surface area contributed by atoms with Crippen molar-refractivity contribution in [2.24, 2.45) is 10.9 Å². The van der Waals surface area contributed by atoms with E-state index in [1.165, 1.54) is 12.8 Å². The predicted octanol–water partition coefficient (Wildman–Crippen LogP) is 2.80. The summed E-state index contributed by atoms with van der Waals surface area (Å²) in [5.41, 5.74) is 1.12. The summed E-state index contributed by atoms with van der Waals surface area (Å²) in [7, 11) is 1.83. The van der Waals surface area contributed by atoms with Crippen molar-refractivity contribution in [1.29, 1.82) is 0 Å². The molecule has 2 aliphatic rings. The van der Waals surface area contributed by atoms with Crippen molar-refractivity contribution >= 4 is 5.96 Å². The maximum absolute atomic E-state index is 5.93. The second kappa shape index (κ2) is 9.40. The van der Waals surface area contributed by atoms with Gasteiger partial charge in [-0.3, -0.25) is 9.89 Å². The molecule has 27 heavy (non-hydrogen) atoms. The SMILES string of the molecule is CN=C(NCc1ccc(OC2CCCC2)nc1)NC1CN(C(C)C)CC1C. The lowest BCUT2D eigenvalue weighted by atomic mass is 10.1. The Morgan fingerprint density at radius 2 is 2.07 bits per heavy atom. The first-order valence-electron chi connectivity index (χ1n) is 10.4. The van der Waals surface area contributed by atoms with E-state index in [2.05, 4.69) is 52.3 Å². The lowest BCUT2D eigenvalue weighted by molar-refractivity contribution is 0.201.